The highest BCUT2D eigenvalue weighted by Gasteiger charge is 2.13. The Hall–Kier alpha value is -3.67. The van der Waals surface area contributed by atoms with Crippen LogP contribution in [0.2, 0.25) is 0 Å². The van der Waals surface area contributed by atoms with Crippen molar-refractivity contribution in [1.29, 1.82) is 0 Å². The standard InChI is InChI=1S/C24H25N5O/c1-2-13-26-24(30)21-15-22(29-23(28-21)17-8-4-3-5-9-17)25-14-12-18-16-27-20-11-7-6-10-19(18)20/h3-11,15-16,27H,2,12-14H2,1H3,(H,26,30)(H,25,28,29). The Bertz CT molecular complexity index is 1140. The van der Waals surface area contributed by atoms with Crippen LogP contribution in [0, 0.1) is 0 Å². The number of anilines is 1. The first-order valence-corrected chi connectivity index (χ1v) is 10.3. The quantitative estimate of drug-likeness (QED) is 0.410. The molecule has 0 unspecified atom stereocenters. The second-order valence-electron chi connectivity index (χ2n) is 7.12. The number of aromatic nitrogens is 3. The molecule has 152 valence electrons. The first-order valence-electron chi connectivity index (χ1n) is 10.3. The summed E-state index contributed by atoms with van der Waals surface area (Å²) in [7, 11) is 0. The minimum Gasteiger partial charge on any atom is -0.370 e. The van der Waals surface area contributed by atoms with Crippen LogP contribution in [-0.2, 0) is 6.42 Å². The Morgan fingerprint density at radius 1 is 1.00 bits per heavy atom. The molecule has 0 aliphatic heterocycles. The van der Waals surface area contributed by atoms with Crippen LogP contribution in [0.15, 0.2) is 66.9 Å². The molecule has 30 heavy (non-hydrogen) atoms. The van der Waals surface area contributed by atoms with Gasteiger partial charge in [-0.2, -0.15) is 0 Å². The summed E-state index contributed by atoms with van der Waals surface area (Å²) in [5.41, 5.74) is 3.63. The van der Waals surface area contributed by atoms with Crippen LogP contribution in [0.4, 0.5) is 5.82 Å². The lowest BCUT2D eigenvalue weighted by atomic mass is 10.1. The van der Waals surface area contributed by atoms with Crippen LogP contribution in [0.25, 0.3) is 22.3 Å². The number of para-hydroxylation sites is 1. The number of hydrogen-bond acceptors (Lipinski definition) is 4. The highest BCUT2D eigenvalue weighted by Crippen LogP contribution is 2.20. The van der Waals surface area contributed by atoms with Crippen molar-refractivity contribution in [2.24, 2.45) is 0 Å². The van der Waals surface area contributed by atoms with Crippen molar-refractivity contribution in [1.82, 2.24) is 20.3 Å². The molecule has 3 N–H and O–H groups in total. The third kappa shape index (κ3) is 4.49. The fraction of sp³-hybridized carbons (Fsp3) is 0.208. The summed E-state index contributed by atoms with van der Waals surface area (Å²) >= 11 is 0. The van der Waals surface area contributed by atoms with Crippen LogP contribution in [-0.4, -0.2) is 33.9 Å². The molecule has 6 heteroatoms. The molecule has 2 aromatic heterocycles. The summed E-state index contributed by atoms with van der Waals surface area (Å²) in [6.45, 7) is 3.34. The third-order valence-corrected chi connectivity index (χ3v) is 4.90. The number of carbonyl (C=O) groups is 1. The van der Waals surface area contributed by atoms with Crippen LogP contribution >= 0.6 is 0 Å². The van der Waals surface area contributed by atoms with Crippen LogP contribution < -0.4 is 10.6 Å². The van der Waals surface area contributed by atoms with Gasteiger partial charge in [-0.25, -0.2) is 9.97 Å². The molecular formula is C24H25N5O. The molecule has 2 aromatic carbocycles. The molecule has 0 aliphatic rings. The average molecular weight is 399 g/mol. The summed E-state index contributed by atoms with van der Waals surface area (Å²) in [5.74, 6) is 0.996. The number of benzene rings is 2. The van der Waals surface area contributed by atoms with Crippen molar-refractivity contribution in [3.05, 3.63) is 78.1 Å². The van der Waals surface area contributed by atoms with E-state index in [1.807, 2.05) is 55.6 Å². The van der Waals surface area contributed by atoms with Crippen LogP contribution in [0.5, 0.6) is 0 Å². The van der Waals surface area contributed by atoms with Gasteiger partial charge in [-0.15, -0.1) is 0 Å². The monoisotopic (exact) mass is 399 g/mol. The number of rotatable bonds is 8. The Labute approximate surface area is 175 Å². The predicted octanol–water partition coefficient (Wildman–Crippen LogP) is 4.42. The number of nitrogens with zero attached hydrogens (tertiary/aromatic N) is 2. The topological polar surface area (TPSA) is 82.7 Å². The van der Waals surface area contributed by atoms with E-state index in [0.717, 1.165) is 23.9 Å². The first-order chi connectivity index (χ1) is 14.7. The summed E-state index contributed by atoms with van der Waals surface area (Å²) in [6, 6.07) is 19.7. The SMILES string of the molecule is CCCNC(=O)c1cc(NCCc2c[nH]c3ccccc23)nc(-c2ccccc2)n1. The highest BCUT2D eigenvalue weighted by molar-refractivity contribution is 5.93. The fourth-order valence-corrected chi connectivity index (χ4v) is 3.36. The van der Waals surface area contributed by atoms with Crippen LogP contribution in [0.1, 0.15) is 29.4 Å². The maximum atomic E-state index is 12.5. The molecule has 4 aromatic rings. The number of amides is 1. The molecule has 0 saturated carbocycles. The molecule has 0 radical (unpaired) electrons. The summed E-state index contributed by atoms with van der Waals surface area (Å²) < 4.78 is 0. The molecule has 0 spiro atoms. The van der Waals surface area contributed by atoms with Gasteiger partial charge in [0, 0.05) is 41.8 Å². The summed E-state index contributed by atoms with van der Waals surface area (Å²) in [6.07, 6.45) is 3.76. The third-order valence-electron chi connectivity index (χ3n) is 4.90. The van der Waals surface area contributed by atoms with Gasteiger partial charge < -0.3 is 15.6 Å². The Morgan fingerprint density at radius 2 is 1.80 bits per heavy atom. The molecule has 0 saturated heterocycles. The predicted molar refractivity (Wildman–Crippen MR) is 121 cm³/mol. The zero-order valence-electron chi connectivity index (χ0n) is 17.0. The van der Waals surface area contributed by atoms with E-state index in [1.165, 1.54) is 10.9 Å². The van der Waals surface area contributed by atoms with E-state index < -0.39 is 0 Å². The fourth-order valence-electron chi connectivity index (χ4n) is 3.36. The number of hydrogen-bond donors (Lipinski definition) is 3. The normalized spacial score (nSPS) is 10.8. The van der Waals surface area contributed by atoms with Crippen molar-refractivity contribution >= 4 is 22.6 Å². The maximum Gasteiger partial charge on any atom is 0.270 e. The smallest absolute Gasteiger partial charge is 0.270 e. The zero-order valence-corrected chi connectivity index (χ0v) is 17.0. The number of nitrogens with one attached hydrogen (secondary N) is 3. The second kappa shape index (κ2) is 9.22. The van der Waals surface area contributed by atoms with Gasteiger partial charge in [0.2, 0.25) is 0 Å². The van der Waals surface area contributed by atoms with Crippen molar-refractivity contribution < 1.29 is 4.79 Å². The number of carbonyl (C=O) groups excluding carboxylic acids is 1. The lowest BCUT2D eigenvalue weighted by Gasteiger charge is -2.10. The lowest BCUT2D eigenvalue weighted by Crippen LogP contribution is -2.25. The number of aromatic amines is 1. The van der Waals surface area contributed by atoms with Crippen molar-refractivity contribution in [3.8, 4) is 11.4 Å². The molecule has 0 bridgehead atoms. The molecule has 0 fully saturated rings. The molecule has 0 atom stereocenters. The molecular weight excluding hydrogens is 374 g/mol. The molecule has 4 rings (SSSR count). The van der Waals surface area contributed by atoms with Gasteiger partial charge >= 0.3 is 0 Å². The van der Waals surface area contributed by atoms with Gasteiger partial charge in [-0.1, -0.05) is 55.5 Å². The Balaban J connectivity index is 1.54. The van der Waals surface area contributed by atoms with Gasteiger partial charge in [0.25, 0.3) is 5.91 Å². The van der Waals surface area contributed by atoms with Crippen molar-refractivity contribution in [3.63, 3.8) is 0 Å². The van der Waals surface area contributed by atoms with Gasteiger partial charge in [0.15, 0.2) is 5.82 Å². The molecule has 1 amide bonds. The summed E-state index contributed by atoms with van der Waals surface area (Å²) in [4.78, 5) is 24.9. The van der Waals surface area contributed by atoms with E-state index in [2.05, 4.69) is 37.7 Å². The highest BCUT2D eigenvalue weighted by atomic mass is 16.1. The molecule has 0 aliphatic carbocycles. The van der Waals surface area contributed by atoms with Gasteiger partial charge in [-0.05, 0) is 24.5 Å². The van der Waals surface area contributed by atoms with Crippen LogP contribution in [0.3, 0.4) is 0 Å². The first kappa shape index (κ1) is 19.6. The van der Waals surface area contributed by atoms with E-state index in [0.29, 0.717) is 30.4 Å². The largest absolute Gasteiger partial charge is 0.370 e. The van der Waals surface area contributed by atoms with Crippen molar-refractivity contribution in [2.75, 3.05) is 18.4 Å². The molecule has 2 heterocycles. The van der Waals surface area contributed by atoms with Crippen molar-refractivity contribution in [2.45, 2.75) is 19.8 Å². The van der Waals surface area contributed by atoms with E-state index in [9.17, 15) is 4.79 Å². The van der Waals surface area contributed by atoms with E-state index >= 15 is 0 Å². The zero-order chi connectivity index (χ0) is 20.8. The average Bonchev–Trinajstić information content (AvgIpc) is 3.21. The summed E-state index contributed by atoms with van der Waals surface area (Å²) in [5, 5.41) is 7.48. The molecule has 6 nitrogen and oxygen atoms in total. The minimum absolute atomic E-state index is 0.184. The lowest BCUT2D eigenvalue weighted by molar-refractivity contribution is 0.0948. The van der Waals surface area contributed by atoms with E-state index in [-0.39, 0.29) is 5.91 Å². The van der Waals surface area contributed by atoms with Gasteiger partial charge in [0.1, 0.15) is 11.5 Å². The number of H-pyrrole nitrogens is 1. The van der Waals surface area contributed by atoms with E-state index in [4.69, 9.17) is 0 Å². The van der Waals surface area contributed by atoms with Gasteiger partial charge in [-0.3, -0.25) is 4.79 Å². The van der Waals surface area contributed by atoms with E-state index in [1.54, 1.807) is 6.07 Å². The minimum atomic E-state index is -0.184. The second-order valence-corrected chi connectivity index (χ2v) is 7.12. The Kier molecular flexibility index (Phi) is 6.03. The maximum absolute atomic E-state index is 12.5. The Morgan fingerprint density at radius 3 is 2.63 bits per heavy atom. The number of fused-ring (bicyclic) bond motifs is 1. The van der Waals surface area contributed by atoms with Gasteiger partial charge in [0.05, 0.1) is 0 Å².